The van der Waals surface area contributed by atoms with E-state index in [-0.39, 0.29) is 12.4 Å². The van der Waals surface area contributed by atoms with E-state index in [2.05, 4.69) is 0 Å². The van der Waals surface area contributed by atoms with Crippen LogP contribution in [0.4, 0.5) is 0 Å². The second-order valence-corrected chi connectivity index (χ2v) is 2.87. The Labute approximate surface area is 76.4 Å². The second-order valence-electron chi connectivity index (χ2n) is 2.87. The van der Waals surface area contributed by atoms with Crippen molar-refractivity contribution in [1.82, 2.24) is 5.48 Å². The molecule has 13 heavy (non-hydrogen) atoms. The molecule has 0 aliphatic carbocycles. The fourth-order valence-corrected chi connectivity index (χ4v) is 1.06. The number of nitrogens with one attached hydrogen (secondary N) is 1. The van der Waals surface area contributed by atoms with Crippen molar-refractivity contribution in [2.75, 3.05) is 6.61 Å². The zero-order valence-electron chi connectivity index (χ0n) is 7.10. The van der Waals surface area contributed by atoms with Crippen LogP contribution in [0.3, 0.4) is 0 Å². The molecule has 0 heterocycles. The van der Waals surface area contributed by atoms with E-state index in [1.54, 1.807) is 29.7 Å². The van der Waals surface area contributed by atoms with Gasteiger partial charge in [0.25, 0.3) is 0 Å². The topological polar surface area (TPSA) is 75.5 Å². The van der Waals surface area contributed by atoms with Gasteiger partial charge in [0.1, 0.15) is 5.75 Å². The van der Waals surface area contributed by atoms with Gasteiger partial charge in [0.05, 0.1) is 6.61 Å². The van der Waals surface area contributed by atoms with Gasteiger partial charge in [-0.15, -0.1) is 0 Å². The Kier molecular flexibility index (Phi) is 3.70. The standard InChI is InChI=1S/C9H12NO3/c11-6-8(10-13)5-7-1-3-9(12)4-2-7/h1-4,8,10-12H,5-6H2/q-1/t8-/m0/s1. The Hall–Kier alpha value is -1.10. The summed E-state index contributed by atoms with van der Waals surface area (Å²) in [7, 11) is 0. The zero-order valence-corrected chi connectivity index (χ0v) is 7.10. The molecule has 0 radical (unpaired) electrons. The number of aliphatic hydroxyl groups excluding tert-OH is 1. The van der Waals surface area contributed by atoms with E-state index in [0.717, 1.165) is 5.56 Å². The predicted octanol–water partition coefficient (Wildman–Crippen LogP) is 0.383. The molecule has 72 valence electrons. The van der Waals surface area contributed by atoms with E-state index in [1.807, 2.05) is 0 Å². The lowest BCUT2D eigenvalue weighted by molar-refractivity contribution is 0.252. The Morgan fingerprint density at radius 2 is 1.92 bits per heavy atom. The highest BCUT2D eigenvalue weighted by Gasteiger charge is 2.02. The lowest BCUT2D eigenvalue weighted by atomic mass is 10.1. The van der Waals surface area contributed by atoms with Crippen LogP contribution in [0.25, 0.3) is 0 Å². The highest BCUT2D eigenvalue weighted by Crippen LogP contribution is 2.10. The lowest BCUT2D eigenvalue weighted by Crippen LogP contribution is -2.29. The Balaban J connectivity index is 2.58. The fraction of sp³-hybridized carbons (Fsp3) is 0.333. The molecule has 0 aliphatic rings. The molecule has 0 saturated heterocycles. The van der Waals surface area contributed by atoms with Crippen molar-refractivity contribution < 1.29 is 10.2 Å². The first-order valence-electron chi connectivity index (χ1n) is 4.02. The molecule has 0 bridgehead atoms. The molecule has 0 fully saturated rings. The lowest BCUT2D eigenvalue weighted by Gasteiger charge is -2.19. The molecule has 3 N–H and O–H groups in total. The van der Waals surface area contributed by atoms with Crippen LogP contribution in [0.1, 0.15) is 5.56 Å². The summed E-state index contributed by atoms with van der Waals surface area (Å²) in [5.74, 6) is 0.194. The molecule has 0 saturated carbocycles. The van der Waals surface area contributed by atoms with Gasteiger partial charge in [-0.25, -0.2) is 0 Å². The van der Waals surface area contributed by atoms with Crippen molar-refractivity contribution in [3.8, 4) is 5.75 Å². The van der Waals surface area contributed by atoms with Crippen molar-refractivity contribution in [2.24, 2.45) is 0 Å². The second kappa shape index (κ2) is 4.81. The number of phenolic OH excluding ortho intramolecular Hbond substituents is 1. The molecule has 0 aromatic heterocycles. The maximum atomic E-state index is 10.3. The quantitative estimate of drug-likeness (QED) is 0.588. The fourth-order valence-electron chi connectivity index (χ4n) is 1.06. The van der Waals surface area contributed by atoms with Gasteiger partial charge in [-0.1, -0.05) is 12.1 Å². The molecule has 4 nitrogen and oxygen atoms in total. The van der Waals surface area contributed by atoms with E-state index in [4.69, 9.17) is 10.2 Å². The summed E-state index contributed by atoms with van der Waals surface area (Å²) in [4.78, 5) is 0. The van der Waals surface area contributed by atoms with E-state index in [0.29, 0.717) is 6.42 Å². The molecule has 0 amide bonds. The third-order valence-electron chi connectivity index (χ3n) is 1.81. The first-order valence-corrected chi connectivity index (χ1v) is 4.02. The minimum absolute atomic E-state index is 0.190. The number of benzene rings is 1. The van der Waals surface area contributed by atoms with Gasteiger partial charge in [0.2, 0.25) is 0 Å². The molecular formula is C9H12NO3-. The van der Waals surface area contributed by atoms with Crippen LogP contribution in [-0.4, -0.2) is 22.9 Å². The van der Waals surface area contributed by atoms with Gasteiger partial charge in [-0.3, -0.25) is 0 Å². The summed E-state index contributed by atoms with van der Waals surface area (Å²) in [5.41, 5.74) is 2.66. The molecule has 0 unspecified atom stereocenters. The third-order valence-corrected chi connectivity index (χ3v) is 1.81. The molecule has 0 aliphatic heterocycles. The molecular weight excluding hydrogens is 170 g/mol. The average molecular weight is 182 g/mol. The van der Waals surface area contributed by atoms with Crippen LogP contribution in [0.2, 0.25) is 0 Å². The number of hydrogen-bond acceptors (Lipinski definition) is 4. The number of aromatic hydroxyl groups is 1. The summed E-state index contributed by atoms with van der Waals surface area (Å²) in [6, 6.07) is 6.07. The average Bonchev–Trinajstić information content (AvgIpc) is 2.17. The van der Waals surface area contributed by atoms with Crippen molar-refractivity contribution in [3.63, 3.8) is 0 Å². The minimum atomic E-state index is -0.468. The molecule has 1 rings (SSSR count). The van der Waals surface area contributed by atoms with Gasteiger partial charge in [-0.2, -0.15) is 0 Å². The summed E-state index contributed by atoms with van der Waals surface area (Å²) in [6.45, 7) is -0.190. The van der Waals surface area contributed by atoms with Crippen LogP contribution >= 0.6 is 0 Å². The van der Waals surface area contributed by atoms with Gasteiger partial charge in [0.15, 0.2) is 0 Å². The molecule has 1 atom stereocenters. The van der Waals surface area contributed by atoms with Crippen molar-refractivity contribution >= 4 is 0 Å². The Morgan fingerprint density at radius 3 is 2.38 bits per heavy atom. The van der Waals surface area contributed by atoms with Crippen molar-refractivity contribution in [3.05, 3.63) is 35.0 Å². The van der Waals surface area contributed by atoms with E-state index >= 15 is 0 Å². The molecule has 0 spiro atoms. The van der Waals surface area contributed by atoms with Gasteiger partial charge in [0, 0.05) is 6.04 Å². The largest absolute Gasteiger partial charge is 0.787 e. The molecule has 1 aromatic rings. The SMILES string of the molecule is [O-]N[C@H](CO)Cc1ccc(O)cc1. The predicted molar refractivity (Wildman–Crippen MR) is 49.2 cm³/mol. The number of hydrogen-bond donors (Lipinski definition) is 3. The summed E-state index contributed by atoms with van der Waals surface area (Å²) < 4.78 is 0. The van der Waals surface area contributed by atoms with Crippen molar-refractivity contribution in [2.45, 2.75) is 12.5 Å². The highest BCUT2D eigenvalue weighted by molar-refractivity contribution is 5.26. The first-order chi connectivity index (χ1) is 6.26. The van der Waals surface area contributed by atoms with Crippen LogP contribution in [0.5, 0.6) is 5.75 Å². The minimum Gasteiger partial charge on any atom is -0.787 e. The summed E-state index contributed by atoms with van der Waals surface area (Å²) >= 11 is 0. The maximum absolute atomic E-state index is 10.3. The normalized spacial score (nSPS) is 12.8. The van der Waals surface area contributed by atoms with E-state index in [1.165, 1.54) is 0 Å². The van der Waals surface area contributed by atoms with Gasteiger partial charge >= 0.3 is 0 Å². The first kappa shape index (κ1) is 9.98. The smallest absolute Gasteiger partial charge is 0.115 e. The van der Waals surface area contributed by atoms with E-state index < -0.39 is 6.04 Å². The third kappa shape index (κ3) is 3.02. The van der Waals surface area contributed by atoms with Crippen LogP contribution in [0, 0.1) is 5.21 Å². The van der Waals surface area contributed by atoms with Gasteiger partial charge in [-0.05, 0) is 24.1 Å². The van der Waals surface area contributed by atoms with Crippen LogP contribution in [0.15, 0.2) is 24.3 Å². The van der Waals surface area contributed by atoms with Crippen molar-refractivity contribution in [1.29, 1.82) is 0 Å². The van der Waals surface area contributed by atoms with Crippen LogP contribution in [-0.2, 0) is 6.42 Å². The monoisotopic (exact) mass is 182 g/mol. The summed E-state index contributed by atoms with van der Waals surface area (Å²) in [5, 5.41) is 28.0. The number of aliphatic hydroxyl groups is 1. The highest BCUT2D eigenvalue weighted by atomic mass is 16.5. The summed E-state index contributed by atoms with van der Waals surface area (Å²) in [6.07, 6.45) is 0.459. The van der Waals surface area contributed by atoms with Gasteiger partial charge < -0.3 is 20.9 Å². The maximum Gasteiger partial charge on any atom is 0.115 e. The zero-order chi connectivity index (χ0) is 9.68. The number of hydroxylamine groups is 1. The van der Waals surface area contributed by atoms with E-state index in [9.17, 15) is 5.21 Å². The number of phenols is 1. The molecule has 4 heteroatoms. The van der Waals surface area contributed by atoms with Crippen LogP contribution < -0.4 is 5.48 Å². The Morgan fingerprint density at radius 1 is 1.31 bits per heavy atom. The molecule has 1 aromatic carbocycles. The Bertz CT molecular complexity index is 244. The number of rotatable bonds is 4.